The fourth-order valence-corrected chi connectivity index (χ4v) is 2.92. The molecule has 11 heteroatoms. The first kappa shape index (κ1) is 19.5. The molecule has 30 heavy (non-hydrogen) atoms. The number of nitrogens with zero attached hydrogens (tertiary/aromatic N) is 6. The highest BCUT2D eigenvalue weighted by atomic mass is 79.9. The molecule has 4 aromatic rings. The smallest absolute Gasteiger partial charge is 0.294 e. The van der Waals surface area contributed by atoms with Crippen molar-refractivity contribution in [3.63, 3.8) is 0 Å². The molecule has 0 atom stereocenters. The van der Waals surface area contributed by atoms with E-state index in [1.807, 2.05) is 55.5 Å². The summed E-state index contributed by atoms with van der Waals surface area (Å²) in [5.74, 6) is -0.385. The Morgan fingerprint density at radius 3 is 2.57 bits per heavy atom. The van der Waals surface area contributed by atoms with Crippen LogP contribution in [0.1, 0.15) is 21.6 Å². The highest BCUT2D eigenvalue weighted by Gasteiger charge is 2.25. The number of hydrogen-bond donors (Lipinski definition) is 2. The van der Waals surface area contributed by atoms with Gasteiger partial charge in [-0.15, -0.1) is 5.10 Å². The van der Waals surface area contributed by atoms with Crippen molar-refractivity contribution in [3.8, 4) is 17.1 Å². The number of nitrogens with two attached hydrogens (primary N) is 1. The molecule has 0 saturated heterocycles. The van der Waals surface area contributed by atoms with Crippen LogP contribution in [0.2, 0.25) is 0 Å². The molecule has 0 aliphatic carbocycles. The quantitative estimate of drug-likeness (QED) is 0.340. The van der Waals surface area contributed by atoms with Crippen molar-refractivity contribution in [1.29, 1.82) is 0 Å². The Kier molecular flexibility index (Phi) is 5.35. The van der Waals surface area contributed by atoms with Crippen LogP contribution in [0, 0.1) is 6.92 Å². The van der Waals surface area contributed by atoms with Gasteiger partial charge in [-0.05, 0) is 34.9 Å². The van der Waals surface area contributed by atoms with Crippen molar-refractivity contribution >= 4 is 33.9 Å². The van der Waals surface area contributed by atoms with Gasteiger partial charge in [-0.2, -0.15) is 9.78 Å². The fourth-order valence-electron chi connectivity index (χ4n) is 2.66. The van der Waals surface area contributed by atoms with Crippen LogP contribution in [0.5, 0.6) is 0 Å². The van der Waals surface area contributed by atoms with Crippen LogP contribution >= 0.6 is 15.9 Å². The number of amides is 1. The molecule has 0 unspecified atom stereocenters. The summed E-state index contributed by atoms with van der Waals surface area (Å²) in [4.78, 5) is 12.8. The zero-order chi connectivity index (χ0) is 21.1. The average Bonchev–Trinajstić information content (AvgIpc) is 3.36. The van der Waals surface area contributed by atoms with Crippen molar-refractivity contribution in [1.82, 2.24) is 30.7 Å². The van der Waals surface area contributed by atoms with E-state index in [1.54, 1.807) is 0 Å². The first-order valence-corrected chi connectivity index (χ1v) is 9.52. The van der Waals surface area contributed by atoms with Gasteiger partial charge in [-0.1, -0.05) is 63.1 Å². The Morgan fingerprint density at radius 1 is 1.17 bits per heavy atom. The van der Waals surface area contributed by atoms with Crippen molar-refractivity contribution in [3.05, 3.63) is 69.8 Å². The molecular weight excluding hydrogens is 452 g/mol. The number of rotatable bonds is 5. The Morgan fingerprint density at radius 2 is 1.90 bits per heavy atom. The normalized spacial score (nSPS) is 11.1. The second-order valence-corrected chi connectivity index (χ2v) is 7.20. The molecule has 0 fully saturated rings. The van der Waals surface area contributed by atoms with Crippen LogP contribution < -0.4 is 11.2 Å². The molecule has 2 aromatic carbocycles. The first-order chi connectivity index (χ1) is 14.5. The third-order valence-corrected chi connectivity index (χ3v) is 4.68. The SMILES string of the molecule is Cc1ccc(-c2c(C(=O)NN=Cc3ccc(Br)cc3)nnn2-c2nonc2N)cc1. The van der Waals surface area contributed by atoms with E-state index in [0.29, 0.717) is 11.3 Å². The number of anilines is 1. The largest absolute Gasteiger partial charge is 0.378 e. The molecule has 0 bridgehead atoms. The van der Waals surface area contributed by atoms with Crippen LogP contribution in [0.25, 0.3) is 17.1 Å². The standard InChI is InChI=1S/C19H15BrN8O2/c1-11-2-6-13(7-3-11)16-15(23-27-28(16)18-17(21)25-30-26-18)19(29)24-22-10-12-4-8-14(20)9-5-12/h2-10H,1H3,(H2,21,25)(H,24,29). The van der Waals surface area contributed by atoms with E-state index in [4.69, 9.17) is 5.73 Å². The summed E-state index contributed by atoms with van der Waals surface area (Å²) in [6.07, 6.45) is 1.53. The van der Waals surface area contributed by atoms with Gasteiger partial charge in [-0.25, -0.2) is 10.1 Å². The molecule has 2 aromatic heterocycles. The number of nitrogen functional groups attached to an aromatic ring is 1. The zero-order valence-electron chi connectivity index (χ0n) is 15.7. The lowest BCUT2D eigenvalue weighted by molar-refractivity contribution is 0.0950. The van der Waals surface area contributed by atoms with E-state index in [2.05, 4.69) is 51.7 Å². The van der Waals surface area contributed by atoms with Crippen molar-refractivity contribution < 1.29 is 9.42 Å². The topological polar surface area (TPSA) is 137 Å². The van der Waals surface area contributed by atoms with Gasteiger partial charge in [0.1, 0.15) is 5.69 Å². The maximum atomic E-state index is 12.8. The maximum Gasteiger partial charge on any atom is 0.294 e. The Balaban J connectivity index is 1.68. The van der Waals surface area contributed by atoms with Crippen LogP contribution in [0.15, 0.2) is 62.7 Å². The van der Waals surface area contributed by atoms with Crippen molar-refractivity contribution in [2.45, 2.75) is 6.92 Å². The van der Waals surface area contributed by atoms with Gasteiger partial charge >= 0.3 is 0 Å². The summed E-state index contributed by atoms with van der Waals surface area (Å²) in [6, 6.07) is 15.0. The summed E-state index contributed by atoms with van der Waals surface area (Å²) in [7, 11) is 0. The molecule has 0 aliphatic rings. The number of benzene rings is 2. The molecule has 150 valence electrons. The zero-order valence-corrected chi connectivity index (χ0v) is 17.2. The van der Waals surface area contributed by atoms with Gasteiger partial charge in [0.2, 0.25) is 11.6 Å². The molecular formula is C19H15BrN8O2. The lowest BCUT2D eigenvalue weighted by atomic mass is 10.1. The average molecular weight is 467 g/mol. The van der Waals surface area contributed by atoms with Crippen LogP contribution in [0.4, 0.5) is 5.82 Å². The molecule has 4 rings (SSSR count). The molecule has 2 heterocycles. The molecule has 0 spiro atoms. The third-order valence-electron chi connectivity index (χ3n) is 4.16. The summed E-state index contributed by atoms with van der Waals surface area (Å²) < 4.78 is 6.92. The molecule has 0 saturated carbocycles. The molecule has 1 amide bonds. The van der Waals surface area contributed by atoms with Gasteiger partial charge in [0, 0.05) is 10.0 Å². The minimum Gasteiger partial charge on any atom is -0.378 e. The van der Waals surface area contributed by atoms with E-state index >= 15 is 0 Å². The van der Waals surface area contributed by atoms with Gasteiger partial charge in [-0.3, -0.25) is 4.79 Å². The number of aromatic nitrogens is 5. The number of halogens is 1. The van der Waals surface area contributed by atoms with Gasteiger partial charge in [0.05, 0.1) is 6.21 Å². The molecule has 0 aliphatic heterocycles. The van der Waals surface area contributed by atoms with Crippen LogP contribution in [-0.4, -0.2) is 37.4 Å². The Labute approximate surface area is 178 Å². The maximum absolute atomic E-state index is 12.8. The molecule has 10 nitrogen and oxygen atoms in total. The van der Waals surface area contributed by atoms with E-state index in [1.165, 1.54) is 10.9 Å². The van der Waals surface area contributed by atoms with Crippen LogP contribution in [0.3, 0.4) is 0 Å². The van der Waals surface area contributed by atoms with E-state index in [0.717, 1.165) is 15.6 Å². The predicted octanol–water partition coefficient (Wildman–Crippen LogP) is 2.73. The number of carbonyl (C=O) groups excluding carboxylic acids is 1. The second-order valence-electron chi connectivity index (χ2n) is 6.29. The fraction of sp³-hybridized carbons (Fsp3) is 0.0526. The highest BCUT2D eigenvalue weighted by Crippen LogP contribution is 2.26. The summed E-state index contributed by atoms with van der Waals surface area (Å²) in [5, 5.41) is 19.3. The molecule has 0 radical (unpaired) electrons. The Hall–Kier alpha value is -3.86. The lowest BCUT2D eigenvalue weighted by Gasteiger charge is -2.06. The highest BCUT2D eigenvalue weighted by molar-refractivity contribution is 9.10. The summed E-state index contributed by atoms with van der Waals surface area (Å²) in [6.45, 7) is 1.96. The number of carbonyl (C=O) groups is 1. The number of hydrazone groups is 1. The Bertz CT molecular complexity index is 1210. The minimum atomic E-state index is -0.541. The number of nitrogens with one attached hydrogen (secondary N) is 1. The second kappa shape index (κ2) is 8.25. The monoisotopic (exact) mass is 466 g/mol. The summed E-state index contributed by atoms with van der Waals surface area (Å²) in [5.41, 5.74) is 11.3. The van der Waals surface area contributed by atoms with Gasteiger partial charge < -0.3 is 5.73 Å². The lowest BCUT2D eigenvalue weighted by Crippen LogP contribution is -2.19. The molecule has 3 N–H and O–H groups in total. The van der Waals surface area contributed by atoms with Gasteiger partial charge in [0.25, 0.3) is 5.91 Å². The minimum absolute atomic E-state index is 0.0217. The van der Waals surface area contributed by atoms with E-state index in [9.17, 15) is 4.79 Å². The number of hydrogen-bond acceptors (Lipinski definition) is 8. The van der Waals surface area contributed by atoms with E-state index in [-0.39, 0.29) is 17.3 Å². The van der Waals surface area contributed by atoms with Crippen LogP contribution in [-0.2, 0) is 0 Å². The van der Waals surface area contributed by atoms with Crippen molar-refractivity contribution in [2.24, 2.45) is 5.10 Å². The number of aryl methyl sites for hydroxylation is 1. The summed E-state index contributed by atoms with van der Waals surface area (Å²) >= 11 is 3.37. The van der Waals surface area contributed by atoms with E-state index < -0.39 is 5.91 Å². The first-order valence-electron chi connectivity index (χ1n) is 8.73. The van der Waals surface area contributed by atoms with Gasteiger partial charge in [0.15, 0.2) is 5.69 Å². The van der Waals surface area contributed by atoms with Crippen molar-refractivity contribution in [2.75, 3.05) is 5.73 Å². The third kappa shape index (κ3) is 3.96. The predicted molar refractivity (Wildman–Crippen MR) is 113 cm³/mol.